The molecule has 0 radical (unpaired) electrons. The van der Waals surface area contributed by atoms with Crippen LogP contribution in [0.25, 0.3) is 0 Å². The Morgan fingerprint density at radius 2 is 2.32 bits per heavy atom. The van der Waals surface area contributed by atoms with Crippen LogP contribution in [0.15, 0.2) is 18.2 Å². The van der Waals surface area contributed by atoms with Gasteiger partial charge in [-0.25, -0.2) is 0 Å². The highest BCUT2D eigenvalue weighted by atomic mass is 16.5. The average Bonchev–Trinajstić information content (AvgIpc) is 3.02. The molecule has 0 aromatic heterocycles. The molecular formula is C16H20O3. The summed E-state index contributed by atoms with van der Waals surface area (Å²) < 4.78 is 11.2. The summed E-state index contributed by atoms with van der Waals surface area (Å²) in [5.74, 6) is 1.15. The molecule has 1 fully saturated rings. The zero-order chi connectivity index (χ0) is 13.2. The second kappa shape index (κ2) is 5.33. The Hall–Kier alpha value is -1.35. The summed E-state index contributed by atoms with van der Waals surface area (Å²) in [5, 5.41) is 0. The van der Waals surface area contributed by atoms with Crippen molar-refractivity contribution in [3.8, 4) is 5.75 Å². The Labute approximate surface area is 113 Å². The second-order valence-corrected chi connectivity index (χ2v) is 5.55. The van der Waals surface area contributed by atoms with Crippen LogP contribution in [0.1, 0.15) is 48.5 Å². The molecule has 0 N–H and O–H groups in total. The van der Waals surface area contributed by atoms with Crippen LogP contribution in [0.3, 0.4) is 0 Å². The molecule has 0 bridgehead atoms. The van der Waals surface area contributed by atoms with Gasteiger partial charge in [-0.1, -0.05) is 0 Å². The first-order valence-electron chi connectivity index (χ1n) is 7.17. The standard InChI is InChI=1S/C16H20O3/c1-11-9-13-10-12(4-7-16(13)19-11)15(17)6-5-14-3-2-8-18-14/h4,7,10-11,14H,2-3,5-6,8-9H2,1H3. The summed E-state index contributed by atoms with van der Waals surface area (Å²) in [6, 6.07) is 5.81. The minimum absolute atomic E-state index is 0.220. The fraction of sp³-hybridized carbons (Fsp3) is 0.562. The molecule has 3 nitrogen and oxygen atoms in total. The molecule has 2 atom stereocenters. The molecule has 3 heteroatoms. The van der Waals surface area contributed by atoms with Gasteiger partial charge in [-0.05, 0) is 49.9 Å². The fourth-order valence-electron chi connectivity index (χ4n) is 2.90. The van der Waals surface area contributed by atoms with Gasteiger partial charge in [0.1, 0.15) is 11.9 Å². The molecule has 0 amide bonds. The quantitative estimate of drug-likeness (QED) is 0.780. The predicted molar refractivity (Wildman–Crippen MR) is 72.8 cm³/mol. The maximum absolute atomic E-state index is 12.2. The van der Waals surface area contributed by atoms with Crippen molar-refractivity contribution in [1.82, 2.24) is 0 Å². The Balaban J connectivity index is 1.62. The van der Waals surface area contributed by atoms with E-state index in [2.05, 4.69) is 6.92 Å². The lowest BCUT2D eigenvalue weighted by atomic mass is 10.00. The topological polar surface area (TPSA) is 35.5 Å². The molecule has 0 aliphatic carbocycles. The second-order valence-electron chi connectivity index (χ2n) is 5.55. The number of carbonyl (C=O) groups is 1. The van der Waals surface area contributed by atoms with Crippen molar-refractivity contribution >= 4 is 5.78 Å². The molecule has 2 unspecified atom stereocenters. The number of fused-ring (bicyclic) bond motifs is 1. The summed E-state index contributed by atoms with van der Waals surface area (Å²) in [5.41, 5.74) is 1.98. The summed E-state index contributed by atoms with van der Waals surface area (Å²) >= 11 is 0. The average molecular weight is 260 g/mol. The molecule has 1 aromatic carbocycles. The van der Waals surface area contributed by atoms with Gasteiger partial charge in [0.2, 0.25) is 0 Å². The van der Waals surface area contributed by atoms with Crippen LogP contribution >= 0.6 is 0 Å². The van der Waals surface area contributed by atoms with E-state index >= 15 is 0 Å². The van der Waals surface area contributed by atoms with Gasteiger partial charge < -0.3 is 9.47 Å². The number of benzene rings is 1. The van der Waals surface area contributed by atoms with E-state index in [1.54, 1.807) is 0 Å². The highest BCUT2D eigenvalue weighted by Gasteiger charge is 2.21. The lowest BCUT2D eigenvalue weighted by Gasteiger charge is -2.08. The molecular weight excluding hydrogens is 240 g/mol. The minimum atomic E-state index is 0.220. The van der Waals surface area contributed by atoms with E-state index in [4.69, 9.17) is 9.47 Å². The van der Waals surface area contributed by atoms with Gasteiger partial charge in [0.15, 0.2) is 5.78 Å². The van der Waals surface area contributed by atoms with Crippen LogP contribution in [-0.2, 0) is 11.2 Å². The lowest BCUT2D eigenvalue weighted by molar-refractivity contribution is 0.0859. The van der Waals surface area contributed by atoms with E-state index in [1.807, 2.05) is 18.2 Å². The Morgan fingerprint density at radius 1 is 1.42 bits per heavy atom. The molecule has 19 heavy (non-hydrogen) atoms. The predicted octanol–water partition coefficient (Wildman–Crippen LogP) is 3.15. The van der Waals surface area contributed by atoms with Crippen LogP contribution in [0.5, 0.6) is 5.75 Å². The maximum Gasteiger partial charge on any atom is 0.162 e. The van der Waals surface area contributed by atoms with Gasteiger partial charge in [-0.2, -0.15) is 0 Å². The Bertz CT molecular complexity index is 475. The SMILES string of the molecule is CC1Cc2cc(C(=O)CCC3CCCO3)ccc2O1. The van der Waals surface area contributed by atoms with Crippen LogP contribution in [-0.4, -0.2) is 24.6 Å². The molecule has 2 aliphatic heterocycles. The number of Topliss-reactive ketones (excluding diaryl/α,β-unsaturated/α-hetero) is 1. The molecule has 2 heterocycles. The van der Waals surface area contributed by atoms with Gasteiger partial charge in [0, 0.05) is 25.0 Å². The van der Waals surface area contributed by atoms with Crippen molar-refractivity contribution in [3.05, 3.63) is 29.3 Å². The van der Waals surface area contributed by atoms with Crippen molar-refractivity contribution < 1.29 is 14.3 Å². The van der Waals surface area contributed by atoms with E-state index < -0.39 is 0 Å². The maximum atomic E-state index is 12.2. The zero-order valence-electron chi connectivity index (χ0n) is 11.4. The third kappa shape index (κ3) is 2.81. The third-order valence-corrected chi connectivity index (χ3v) is 3.94. The normalized spacial score (nSPS) is 25.1. The Kier molecular flexibility index (Phi) is 3.56. The first kappa shape index (κ1) is 12.7. The van der Waals surface area contributed by atoms with Crippen molar-refractivity contribution in [2.75, 3.05) is 6.61 Å². The monoisotopic (exact) mass is 260 g/mol. The van der Waals surface area contributed by atoms with Crippen molar-refractivity contribution in [2.45, 2.75) is 51.2 Å². The highest BCUT2D eigenvalue weighted by molar-refractivity contribution is 5.96. The van der Waals surface area contributed by atoms with Gasteiger partial charge >= 0.3 is 0 Å². The number of hydrogen-bond acceptors (Lipinski definition) is 3. The summed E-state index contributed by atoms with van der Waals surface area (Å²) in [6.07, 6.45) is 5.09. The van der Waals surface area contributed by atoms with Crippen LogP contribution in [0, 0.1) is 0 Å². The van der Waals surface area contributed by atoms with Gasteiger partial charge in [-0.15, -0.1) is 0 Å². The van der Waals surface area contributed by atoms with E-state index in [0.717, 1.165) is 49.2 Å². The molecule has 1 aromatic rings. The molecule has 1 saturated heterocycles. The van der Waals surface area contributed by atoms with Crippen LogP contribution in [0.2, 0.25) is 0 Å². The van der Waals surface area contributed by atoms with E-state index in [0.29, 0.717) is 12.5 Å². The van der Waals surface area contributed by atoms with Crippen molar-refractivity contribution in [3.63, 3.8) is 0 Å². The first-order valence-corrected chi connectivity index (χ1v) is 7.17. The Morgan fingerprint density at radius 3 is 3.11 bits per heavy atom. The van der Waals surface area contributed by atoms with E-state index in [9.17, 15) is 4.79 Å². The summed E-state index contributed by atoms with van der Waals surface area (Å²) in [7, 11) is 0. The minimum Gasteiger partial charge on any atom is -0.490 e. The highest BCUT2D eigenvalue weighted by Crippen LogP contribution is 2.30. The number of carbonyl (C=O) groups excluding carboxylic acids is 1. The van der Waals surface area contributed by atoms with Gasteiger partial charge in [-0.3, -0.25) is 4.79 Å². The number of ether oxygens (including phenoxy) is 2. The largest absolute Gasteiger partial charge is 0.490 e. The van der Waals surface area contributed by atoms with Crippen LogP contribution < -0.4 is 4.74 Å². The molecule has 102 valence electrons. The lowest BCUT2D eigenvalue weighted by Crippen LogP contribution is -2.09. The fourth-order valence-corrected chi connectivity index (χ4v) is 2.90. The van der Waals surface area contributed by atoms with Crippen LogP contribution in [0.4, 0.5) is 0 Å². The van der Waals surface area contributed by atoms with Gasteiger partial charge in [0.05, 0.1) is 6.10 Å². The van der Waals surface area contributed by atoms with Crippen molar-refractivity contribution in [1.29, 1.82) is 0 Å². The zero-order valence-corrected chi connectivity index (χ0v) is 11.4. The number of ketones is 1. The first-order chi connectivity index (χ1) is 9.22. The summed E-state index contributed by atoms with van der Waals surface area (Å²) in [6.45, 7) is 2.91. The molecule has 0 saturated carbocycles. The smallest absolute Gasteiger partial charge is 0.162 e. The van der Waals surface area contributed by atoms with Gasteiger partial charge in [0.25, 0.3) is 0 Å². The number of rotatable bonds is 4. The summed E-state index contributed by atoms with van der Waals surface area (Å²) in [4.78, 5) is 12.2. The number of hydrogen-bond donors (Lipinski definition) is 0. The van der Waals surface area contributed by atoms with E-state index in [1.165, 1.54) is 0 Å². The molecule has 0 spiro atoms. The molecule has 3 rings (SSSR count). The third-order valence-electron chi connectivity index (χ3n) is 3.94. The van der Waals surface area contributed by atoms with E-state index in [-0.39, 0.29) is 11.9 Å². The van der Waals surface area contributed by atoms with Crippen molar-refractivity contribution in [2.24, 2.45) is 0 Å². The molecule has 2 aliphatic rings.